The lowest BCUT2D eigenvalue weighted by Gasteiger charge is -2.24. The van der Waals surface area contributed by atoms with Crippen molar-refractivity contribution < 1.29 is 14.7 Å². The van der Waals surface area contributed by atoms with Crippen LogP contribution in [-0.2, 0) is 4.84 Å². The summed E-state index contributed by atoms with van der Waals surface area (Å²) in [6.45, 7) is 3.31. The lowest BCUT2D eigenvalue weighted by Crippen LogP contribution is -2.27. The van der Waals surface area contributed by atoms with E-state index in [0.29, 0.717) is 25.0 Å². The van der Waals surface area contributed by atoms with Gasteiger partial charge in [0.25, 0.3) is 0 Å². The second kappa shape index (κ2) is 10.5. The molecular formula is C30H34N6O3. The standard InChI is InChI=1S/C30H34N6O3/c37-14-13-35-12-9-24(19-35)39-25-17-22(20-6-7-20)16-23(18-25)32-30-33-28-26(8-11-31-28)29(34-30)36-27(10-15-38-36)21-4-2-1-3-5-21/h1-5,8,11,16-18,20,24,27,37H,6-7,9-10,12-15,19H2,(H2,31,32,33,34)/t24-,27+/m1/s1. The molecule has 3 aliphatic rings. The summed E-state index contributed by atoms with van der Waals surface area (Å²) in [5, 5.41) is 15.6. The van der Waals surface area contributed by atoms with Crippen molar-refractivity contribution in [1.82, 2.24) is 19.9 Å². The molecule has 9 heteroatoms. The van der Waals surface area contributed by atoms with E-state index < -0.39 is 0 Å². The van der Waals surface area contributed by atoms with Crippen molar-refractivity contribution in [3.63, 3.8) is 0 Å². The van der Waals surface area contributed by atoms with E-state index in [9.17, 15) is 5.11 Å². The number of hydrogen-bond donors (Lipinski definition) is 3. The average molecular weight is 527 g/mol. The van der Waals surface area contributed by atoms with Gasteiger partial charge in [0.05, 0.1) is 24.6 Å². The number of likely N-dealkylation sites (tertiary alicyclic amines) is 1. The Balaban J connectivity index is 1.18. The maximum absolute atomic E-state index is 9.28. The van der Waals surface area contributed by atoms with Crippen molar-refractivity contribution in [3.8, 4) is 5.75 Å². The predicted molar refractivity (Wildman–Crippen MR) is 150 cm³/mol. The lowest BCUT2D eigenvalue weighted by atomic mass is 10.0. The number of ether oxygens (including phenoxy) is 1. The fourth-order valence-corrected chi connectivity index (χ4v) is 5.78. The van der Waals surface area contributed by atoms with Crippen LogP contribution in [0.2, 0.25) is 0 Å². The molecule has 0 unspecified atom stereocenters. The second-order valence-electron chi connectivity index (χ2n) is 10.7. The molecule has 202 valence electrons. The molecule has 39 heavy (non-hydrogen) atoms. The molecule has 2 aromatic carbocycles. The number of aliphatic hydroxyl groups is 1. The summed E-state index contributed by atoms with van der Waals surface area (Å²) in [4.78, 5) is 21.4. The Labute approximate surface area is 227 Å². The Morgan fingerprint density at radius 3 is 2.77 bits per heavy atom. The highest BCUT2D eigenvalue weighted by molar-refractivity contribution is 5.88. The van der Waals surface area contributed by atoms with Crippen molar-refractivity contribution in [2.24, 2.45) is 0 Å². The van der Waals surface area contributed by atoms with Crippen LogP contribution in [-0.4, -0.2) is 63.9 Å². The van der Waals surface area contributed by atoms with Gasteiger partial charge in [-0.2, -0.15) is 9.97 Å². The molecule has 4 aromatic rings. The first-order valence-electron chi connectivity index (χ1n) is 14.0. The largest absolute Gasteiger partial charge is 0.489 e. The third-order valence-electron chi connectivity index (χ3n) is 7.88. The van der Waals surface area contributed by atoms with Gasteiger partial charge in [0.2, 0.25) is 5.95 Å². The molecular weight excluding hydrogens is 492 g/mol. The summed E-state index contributed by atoms with van der Waals surface area (Å²) in [6.07, 6.45) is 6.28. The van der Waals surface area contributed by atoms with Gasteiger partial charge in [-0.25, -0.2) is 5.06 Å². The van der Waals surface area contributed by atoms with E-state index in [1.807, 2.05) is 29.5 Å². The Morgan fingerprint density at radius 2 is 1.92 bits per heavy atom. The van der Waals surface area contributed by atoms with Crippen molar-refractivity contribution >= 4 is 28.5 Å². The number of benzene rings is 2. The van der Waals surface area contributed by atoms with E-state index in [2.05, 4.69) is 51.6 Å². The van der Waals surface area contributed by atoms with Gasteiger partial charge in [0.15, 0.2) is 5.82 Å². The van der Waals surface area contributed by atoms with Crippen LogP contribution in [0.1, 0.15) is 48.8 Å². The van der Waals surface area contributed by atoms with Crippen LogP contribution in [0.25, 0.3) is 11.0 Å². The topological polar surface area (TPSA) is 98.8 Å². The molecule has 0 amide bonds. The molecule has 1 saturated carbocycles. The van der Waals surface area contributed by atoms with Crippen LogP contribution in [0.4, 0.5) is 17.5 Å². The number of aliphatic hydroxyl groups excluding tert-OH is 1. The van der Waals surface area contributed by atoms with Gasteiger partial charge < -0.3 is 20.1 Å². The molecule has 9 nitrogen and oxygen atoms in total. The van der Waals surface area contributed by atoms with Gasteiger partial charge in [0, 0.05) is 44.0 Å². The minimum Gasteiger partial charge on any atom is -0.489 e. The minimum absolute atomic E-state index is 0.0852. The van der Waals surface area contributed by atoms with E-state index in [1.54, 1.807) is 0 Å². The van der Waals surface area contributed by atoms with Crippen LogP contribution in [0.5, 0.6) is 5.75 Å². The first kappa shape index (κ1) is 24.4. The fraction of sp³-hybridized carbons (Fsp3) is 0.400. The molecule has 3 N–H and O–H groups in total. The van der Waals surface area contributed by atoms with Crippen LogP contribution in [0.3, 0.4) is 0 Å². The van der Waals surface area contributed by atoms with Crippen LogP contribution < -0.4 is 15.1 Å². The van der Waals surface area contributed by atoms with Crippen molar-refractivity contribution in [2.45, 2.75) is 43.7 Å². The van der Waals surface area contributed by atoms with E-state index in [0.717, 1.165) is 54.2 Å². The number of nitrogens with one attached hydrogen (secondary N) is 2. The monoisotopic (exact) mass is 526 g/mol. The molecule has 0 radical (unpaired) electrons. The Bertz CT molecular complexity index is 1440. The van der Waals surface area contributed by atoms with Crippen LogP contribution in [0, 0.1) is 0 Å². The summed E-state index contributed by atoms with van der Waals surface area (Å²) in [7, 11) is 0. The Morgan fingerprint density at radius 1 is 1.03 bits per heavy atom. The zero-order valence-electron chi connectivity index (χ0n) is 21.9. The quantitative estimate of drug-likeness (QED) is 0.283. The average Bonchev–Trinajstić information content (AvgIpc) is 3.29. The maximum atomic E-state index is 9.28. The number of fused-ring (bicyclic) bond motifs is 1. The number of hydroxylamine groups is 1. The predicted octanol–water partition coefficient (Wildman–Crippen LogP) is 4.91. The van der Waals surface area contributed by atoms with Crippen molar-refractivity contribution in [1.29, 1.82) is 0 Å². The highest BCUT2D eigenvalue weighted by Crippen LogP contribution is 2.43. The third kappa shape index (κ3) is 5.17. The van der Waals surface area contributed by atoms with E-state index in [-0.39, 0.29) is 18.8 Å². The Hall–Kier alpha value is -3.66. The molecule has 0 spiro atoms. The van der Waals surface area contributed by atoms with Crippen LogP contribution in [0.15, 0.2) is 60.8 Å². The highest BCUT2D eigenvalue weighted by Gasteiger charge is 2.31. The summed E-state index contributed by atoms with van der Waals surface area (Å²) in [5.74, 6) is 2.71. The summed E-state index contributed by atoms with van der Waals surface area (Å²) in [6, 6.07) is 18.9. The molecule has 2 atom stereocenters. The van der Waals surface area contributed by atoms with Gasteiger partial charge in [-0.1, -0.05) is 30.3 Å². The highest BCUT2D eigenvalue weighted by atomic mass is 16.7. The van der Waals surface area contributed by atoms with Gasteiger partial charge in [-0.15, -0.1) is 0 Å². The number of aromatic nitrogens is 3. The van der Waals surface area contributed by atoms with Gasteiger partial charge >= 0.3 is 0 Å². The van der Waals surface area contributed by atoms with Gasteiger partial charge in [-0.05, 0) is 54.5 Å². The number of rotatable bonds is 9. The number of β-amino-alcohol motifs (C(OH)–C–C–N with tert-alkyl or cyclic N) is 1. The first-order valence-corrected chi connectivity index (χ1v) is 14.0. The van der Waals surface area contributed by atoms with E-state index in [4.69, 9.17) is 19.5 Å². The van der Waals surface area contributed by atoms with Crippen molar-refractivity contribution in [2.75, 3.05) is 43.2 Å². The number of anilines is 3. The number of H-pyrrole nitrogens is 1. The first-order chi connectivity index (χ1) is 19.2. The molecule has 2 aromatic heterocycles. The van der Waals surface area contributed by atoms with Gasteiger partial charge in [-0.3, -0.25) is 9.74 Å². The normalized spacial score (nSPS) is 21.6. The number of nitrogens with zero attached hydrogens (tertiary/aromatic N) is 4. The SMILES string of the molecule is OCCN1CC[C@@H](Oc2cc(Nc3nc(N4OCC[C@H]4c4ccccc4)c4cc[nH]c4n3)cc(C3CC3)c2)C1. The number of aromatic amines is 1. The molecule has 0 bridgehead atoms. The fourth-order valence-electron chi connectivity index (χ4n) is 5.78. The minimum atomic E-state index is 0.0852. The molecule has 2 aliphatic heterocycles. The molecule has 2 saturated heterocycles. The Kier molecular flexibility index (Phi) is 6.56. The third-order valence-corrected chi connectivity index (χ3v) is 7.88. The molecule has 7 rings (SSSR count). The summed E-state index contributed by atoms with van der Waals surface area (Å²) >= 11 is 0. The zero-order valence-corrected chi connectivity index (χ0v) is 21.9. The smallest absolute Gasteiger partial charge is 0.231 e. The molecule has 4 heterocycles. The zero-order chi connectivity index (χ0) is 26.2. The van der Waals surface area contributed by atoms with Crippen molar-refractivity contribution in [3.05, 3.63) is 71.9 Å². The summed E-state index contributed by atoms with van der Waals surface area (Å²) < 4.78 is 6.44. The lowest BCUT2D eigenvalue weighted by molar-refractivity contribution is 0.157. The van der Waals surface area contributed by atoms with Crippen LogP contribution >= 0.6 is 0 Å². The number of hydrogen-bond acceptors (Lipinski definition) is 8. The van der Waals surface area contributed by atoms with Gasteiger partial charge in [0.1, 0.15) is 17.5 Å². The van der Waals surface area contributed by atoms with E-state index >= 15 is 0 Å². The maximum Gasteiger partial charge on any atom is 0.231 e. The summed E-state index contributed by atoms with van der Waals surface area (Å²) in [5.41, 5.74) is 4.16. The molecule has 3 fully saturated rings. The van der Waals surface area contributed by atoms with E-state index in [1.165, 1.54) is 24.0 Å². The second-order valence-corrected chi connectivity index (χ2v) is 10.7. The molecule has 1 aliphatic carbocycles.